The van der Waals surface area contributed by atoms with E-state index in [2.05, 4.69) is 52.9 Å². The van der Waals surface area contributed by atoms with E-state index in [1.807, 2.05) is 12.1 Å². The van der Waals surface area contributed by atoms with Gasteiger partial charge in [0.1, 0.15) is 5.82 Å². The zero-order chi connectivity index (χ0) is 28.3. The summed E-state index contributed by atoms with van der Waals surface area (Å²) >= 11 is 0. The lowest BCUT2D eigenvalue weighted by Crippen LogP contribution is -2.37. The average Bonchev–Trinajstić information content (AvgIpc) is 3.57. The normalized spacial score (nSPS) is 23.3. The van der Waals surface area contributed by atoms with Gasteiger partial charge in [-0.2, -0.15) is 5.10 Å². The monoisotopic (exact) mass is 629 g/mol. The van der Waals surface area contributed by atoms with E-state index in [0.717, 1.165) is 76.0 Å². The highest BCUT2D eigenvalue weighted by molar-refractivity contribution is 5.85. The lowest BCUT2D eigenvalue weighted by Gasteiger charge is -2.35. The van der Waals surface area contributed by atoms with Crippen LogP contribution in [-0.4, -0.2) is 45.4 Å². The third-order valence-electron chi connectivity index (χ3n) is 10.1. The summed E-state index contributed by atoms with van der Waals surface area (Å²) < 4.78 is 16.4. The molecule has 3 aliphatic rings. The van der Waals surface area contributed by atoms with Gasteiger partial charge in [0.2, 0.25) is 0 Å². The van der Waals surface area contributed by atoms with Crippen LogP contribution >= 0.6 is 24.8 Å². The third-order valence-corrected chi connectivity index (χ3v) is 10.1. The molecule has 0 spiro atoms. The summed E-state index contributed by atoms with van der Waals surface area (Å²) in [6.45, 7) is 6.10. The number of carboxylic acids is 1. The van der Waals surface area contributed by atoms with E-state index in [-0.39, 0.29) is 48.4 Å². The molecule has 2 unspecified atom stereocenters. The Morgan fingerprint density at radius 3 is 2.40 bits per heavy atom. The predicted octanol–water partition coefficient (Wildman–Crippen LogP) is 7.97. The van der Waals surface area contributed by atoms with E-state index in [4.69, 9.17) is 5.10 Å². The van der Waals surface area contributed by atoms with Crippen molar-refractivity contribution in [3.8, 4) is 0 Å². The van der Waals surface area contributed by atoms with Gasteiger partial charge in [0, 0.05) is 31.1 Å². The summed E-state index contributed by atoms with van der Waals surface area (Å²) in [4.78, 5) is 14.9. The van der Waals surface area contributed by atoms with Crippen LogP contribution in [0.5, 0.6) is 0 Å². The molecule has 8 heteroatoms. The van der Waals surface area contributed by atoms with Crippen molar-refractivity contribution in [1.82, 2.24) is 14.7 Å². The van der Waals surface area contributed by atoms with E-state index in [0.29, 0.717) is 17.8 Å². The summed E-state index contributed by atoms with van der Waals surface area (Å²) in [5, 5.41) is 15.0. The van der Waals surface area contributed by atoms with Crippen LogP contribution in [0, 0.1) is 29.5 Å². The molecule has 1 aliphatic heterocycles. The molecule has 1 aromatic heterocycles. The van der Waals surface area contributed by atoms with Crippen LogP contribution in [-0.2, 0) is 17.8 Å². The fourth-order valence-corrected chi connectivity index (χ4v) is 7.75. The molecule has 43 heavy (non-hydrogen) atoms. The first-order valence-corrected chi connectivity index (χ1v) is 15.8. The number of aryl methyl sites for hydroxylation is 1. The zero-order valence-corrected chi connectivity index (χ0v) is 26.7. The van der Waals surface area contributed by atoms with Gasteiger partial charge in [0.05, 0.1) is 11.6 Å². The molecule has 1 N–H and O–H groups in total. The van der Waals surface area contributed by atoms with Gasteiger partial charge in [-0.25, -0.2) is 4.39 Å². The molecule has 0 radical (unpaired) electrons. The minimum absolute atomic E-state index is 0. The molecule has 5 nitrogen and oxygen atoms in total. The predicted molar refractivity (Wildman–Crippen MR) is 174 cm³/mol. The number of aromatic nitrogens is 2. The van der Waals surface area contributed by atoms with Crippen LogP contribution in [0.2, 0.25) is 0 Å². The number of carbonyl (C=O) groups is 1. The highest BCUT2D eigenvalue weighted by atomic mass is 35.5. The minimum Gasteiger partial charge on any atom is -0.481 e. The van der Waals surface area contributed by atoms with Gasteiger partial charge >= 0.3 is 5.97 Å². The minimum atomic E-state index is -0.638. The zero-order valence-electron chi connectivity index (χ0n) is 25.1. The second-order valence-electron chi connectivity index (χ2n) is 12.9. The molecule has 0 amide bonds. The van der Waals surface area contributed by atoms with E-state index >= 15 is 0 Å². The number of rotatable bonds is 11. The summed E-state index contributed by atoms with van der Waals surface area (Å²) in [5.41, 5.74) is 4.84. The maximum atomic E-state index is 14.2. The Morgan fingerprint density at radius 1 is 1.00 bits per heavy atom. The Balaban J connectivity index is 0.00000212. The molecule has 4 atom stereocenters. The van der Waals surface area contributed by atoms with E-state index in [1.54, 1.807) is 6.07 Å². The molecule has 1 saturated heterocycles. The van der Waals surface area contributed by atoms with E-state index < -0.39 is 5.97 Å². The lowest BCUT2D eigenvalue weighted by atomic mass is 9.85. The third kappa shape index (κ3) is 8.20. The van der Waals surface area contributed by atoms with Crippen molar-refractivity contribution in [2.24, 2.45) is 23.7 Å². The summed E-state index contributed by atoms with van der Waals surface area (Å²) in [7, 11) is 0. The van der Waals surface area contributed by atoms with Gasteiger partial charge in [-0.3, -0.25) is 9.48 Å². The number of nitrogens with zero attached hydrogens (tertiary/aromatic N) is 3. The van der Waals surface area contributed by atoms with Gasteiger partial charge in [-0.1, -0.05) is 55.3 Å². The maximum absolute atomic E-state index is 14.2. The van der Waals surface area contributed by atoms with Crippen LogP contribution in [0.15, 0.2) is 60.7 Å². The van der Waals surface area contributed by atoms with Gasteiger partial charge in [0.25, 0.3) is 0 Å². The molecule has 2 aromatic carbocycles. The van der Waals surface area contributed by atoms with Gasteiger partial charge in [-0.05, 0) is 105 Å². The first-order valence-electron chi connectivity index (χ1n) is 15.8. The number of benzene rings is 2. The summed E-state index contributed by atoms with van der Waals surface area (Å²) in [6, 6.07) is 19.9. The summed E-state index contributed by atoms with van der Waals surface area (Å²) in [6.07, 6.45) is 8.02. The first kappa shape index (κ1) is 33.5. The first-order chi connectivity index (χ1) is 20.0. The molecule has 6 rings (SSSR count). The number of likely N-dealkylation sites (tertiary alicyclic amines) is 1. The molecular weight excluding hydrogens is 584 g/mol. The maximum Gasteiger partial charge on any atom is 0.306 e. The van der Waals surface area contributed by atoms with E-state index in [1.165, 1.54) is 30.2 Å². The molecule has 234 valence electrons. The standard InChI is InChI=1S/C35H44FN3O2.2ClH/c1-2-39-34(22-31(37-39)17-24-7-4-3-5-8-24)26-13-15-38(16-14-26)23-29-19-28(33(35(40)41)18-25-11-12-25)21-32(29)27-9-6-10-30(36)20-27;;/h3-10,20,22,25-26,28-29,32-33H,2,11-19,21,23H2,1H3,(H,40,41);2*1H/t28?,29-,32-,33?;;/m1../s1. The van der Waals surface area contributed by atoms with E-state index in [9.17, 15) is 14.3 Å². The van der Waals surface area contributed by atoms with Crippen LogP contribution in [0.25, 0.3) is 0 Å². The number of hydrogen-bond acceptors (Lipinski definition) is 3. The number of carboxylic acid groups (broad SMARTS) is 1. The smallest absolute Gasteiger partial charge is 0.306 e. The number of halogens is 3. The molecular formula is C35H46Cl2FN3O2. The van der Waals surface area contributed by atoms with Crippen LogP contribution in [0.4, 0.5) is 4.39 Å². The van der Waals surface area contributed by atoms with Crippen LogP contribution < -0.4 is 0 Å². The lowest BCUT2D eigenvalue weighted by molar-refractivity contribution is -0.144. The molecule has 2 heterocycles. The number of aliphatic carboxylic acids is 1. The second-order valence-corrected chi connectivity index (χ2v) is 12.9. The van der Waals surface area contributed by atoms with Crippen LogP contribution in [0.1, 0.15) is 86.2 Å². The van der Waals surface area contributed by atoms with Crippen molar-refractivity contribution in [2.75, 3.05) is 19.6 Å². The quantitative estimate of drug-likeness (QED) is 0.234. The fourth-order valence-electron chi connectivity index (χ4n) is 7.75. The molecule has 3 aromatic rings. The highest BCUT2D eigenvalue weighted by Crippen LogP contribution is 2.49. The number of piperidine rings is 1. The topological polar surface area (TPSA) is 58.4 Å². The SMILES string of the molecule is CCn1nc(Cc2ccccc2)cc1C1CCN(C[C@H]2CC(C(CC3CC3)C(=O)O)C[C@@H]2c2cccc(F)c2)CC1.Cl.Cl. The van der Waals surface area contributed by atoms with Crippen molar-refractivity contribution in [3.05, 3.63) is 89.0 Å². The Bertz CT molecular complexity index is 1320. The largest absolute Gasteiger partial charge is 0.481 e. The van der Waals surface area contributed by atoms with Gasteiger partial charge < -0.3 is 10.0 Å². The Morgan fingerprint density at radius 2 is 1.74 bits per heavy atom. The molecule has 3 fully saturated rings. The number of hydrogen-bond donors (Lipinski definition) is 1. The van der Waals surface area contributed by atoms with Crippen molar-refractivity contribution < 1.29 is 14.3 Å². The van der Waals surface area contributed by atoms with Crippen LogP contribution in [0.3, 0.4) is 0 Å². The van der Waals surface area contributed by atoms with Gasteiger partial charge in [0.15, 0.2) is 0 Å². The van der Waals surface area contributed by atoms with Crippen molar-refractivity contribution in [2.45, 2.75) is 76.7 Å². The summed E-state index contributed by atoms with van der Waals surface area (Å²) in [5.74, 6) is 0.743. The highest BCUT2D eigenvalue weighted by Gasteiger charge is 2.43. The van der Waals surface area contributed by atoms with Crippen molar-refractivity contribution >= 4 is 30.8 Å². The van der Waals surface area contributed by atoms with Crippen molar-refractivity contribution in [3.63, 3.8) is 0 Å². The fraction of sp³-hybridized carbons (Fsp3) is 0.543. The second kappa shape index (κ2) is 15.0. The molecule has 2 aliphatic carbocycles. The molecule has 2 saturated carbocycles. The Kier molecular flexibility index (Phi) is 11.7. The average molecular weight is 631 g/mol. The molecule has 0 bridgehead atoms. The Hall–Kier alpha value is -2.41. The van der Waals surface area contributed by atoms with Crippen molar-refractivity contribution in [1.29, 1.82) is 0 Å². The Labute approximate surface area is 268 Å². The van der Waals surface area contributed by atoms with Gasteiger partial charge in [-0.15, -0.1) is 24.8 Å².